The smallest absolute Gasteiger partial charge is 0.349 e. The highest BCUT2D eigenvalue weighted by atomic mass is 32.2. The van der Waals surface area contributed by atoms with Gasteiger partial charge in [-0.3, -0.25) is 10.0 Å². The molecule has 0 radical (unpaired) electrons. The average Bonchev–Trinajstić information content (AvgIpc) is 2.75. The third kappa shape index (κ3) is 4.24. The van der Waals surface area contributed by atoms with Gasteiger partial charge in [0.1, 0.15) is 23.4 Å². The molecule has 166 valence electrons. The van der Waals surface area contributed by atoms with E-state index in [0.717, 1.165) is 11.0 Å². The number of hydroxylamine groups is 1. The van der Waals surface area contributed by atoms with Crippen molar-refractivity contribution in [2.75, 3.05) is 6.61 Å². The SMILES string of the molecule is Cc1ccc(F)cc1COc1ccc(S(=O)(=O)C2CCOC(=O)C2(O)C(=O)NO)cc1. The van der Waals surface area contributed by atoms with Crippen molar-refractivity contribution in [2.24, 2.45) is 0 Å². The van der Waals surface area contributed by atoms with E-state index >= 15 is 0 Å². The normalized spacial score (nSPS) is 21.3. The van der Waals surface area contributed by atoms with E-state index in [2.05, 4.69) is 4.74 Å². The summed E-state index contributed by atoms with van der Waals surface area (Å²) in [5, 5.41) is 17.5. The number of benzene rings is 2. The van der Waals surface area contributed by atoms with E-state index in [1.807, 2.05) is 0 Å². The predicted molar refractivity (Wildman–Crippen MR) is 103 cm³/mol. The van der Waals surface area contributed by atoms with Crippen LogP contribution in [0.2, 0.25) is 0 Å². The molecule has 31 heavy (non-hydrogen) atoms. The number of ether oxygens (including phenoxy) is 2. The highest BCUT2D eigenvalue weighted by molar-refractivity contribution is 7.92. The molecule has 1 saturated heterocycles. The third-order valence-corrected chi connectivity index (χ3v) is 7.33. The van der Waals surface area contributed by atoms with E-state index in [1.165, 1.54) is 36.4 Å². The number of sulfone groups is 1. The highest BCUT2D eigenvalue weighted by Gasteiger charge is 2.60. The molecular weight excluding hydrogens is 433 g/mol. The molecule has 0 saturated carbocycles. The minimum absolute atomic E-state index is 0.0561. The summed E-state index contributed by atoms with van der Waals surface area (Å²) in [5.74, 6) is -3.18. The first kappa shape index (κ1) is 22.7. The van der Waals surface area contributed by atoms with E-state index in [4.69, 9.17) is 9.94 Å². The van der Waals surface area contributed by atoms with Crippen LogP contribution >= 0.6 is 0 Å². The lowest BCUT2D eigenvalue weighted by Crippen LogP contribution is -2.65. The molecule has 0 bridgehead atoms. The molecule has 2 aromatic rings. The van der Waals surface area contributed by atoms with Crippen molar-refractivity contribution in [3.63, 3.8) is 0 Å². The first-order chi connectivity index (χ1) is 14.6. The Bertz CT molecular complexity index is 1090. The van der Waals surface area contributed by atoms with Gasteiger partial charge in [-0.25, -0.2) is 23.1 Å². The monoisotopic (exact) mass is 453 g/mol. The van der Waals surface area contributed by atoms with Crippen LogP contribution in [0.25, 0.3) is 0 Å². The van der Waals surface area contributed by atoms with Gasteiger partial charge in [-0.15, -0.1) is 0 Å². The maximum Gasteiger partial charge on any atom is 0.349 e. The largest absolute Gasteiger partial charge is 0.489 e. The van der Waals surface area contributed by atoms with Crippen molar-refractivity contribution >= 4 is 21.7 Å². The molecule has 1 amide bonds. The molecule has 0 aromatic heterocycles. The lowest BCUT2D eigenvalue weighted by molar-refractivity contribution is -0.181. The molecule has 11 heteroatoms. The lowest BCUT2D eigenvalue weighted by Gasteiger charge is -2.35. The number of cyclic esters (lactones) is 1. The number of carbonyl (C=O) groups excluding carboxylic acids is 2. The van der Waals surface area contributed by atoms with Gasteiger partial charge in [0.2, 0.25) is 0 Å². The van der Waals surface area contributed by atoms with Crippen LogP contribution in [0.15, 0.2) is 47.4 Å². The van der Waals surface area contributed by atoms with Gasteiger partial charge in [-0.2, -0.15) is 0 Å². The van der Waals surface area contributed by atoms with Crippen LogP contribution in [0.4, 0.5) is 4.39 Å². The number of hydrogen-bond acceptors (Lipinski definition) is 8. The van der Waals surface area contributed by atoms with Gasteiger partial charge in [-0.1, -0.05) is 6.07 Å². The van der Waals surface area contributed by atoms with Gasteiger partial charge in [0.05, 0.1) is 11.5 Å². The molecule has 0 aliphatic carbocycles. The quantitative estimate of drug-likeness (QED) is 0.255. The Morgan fingerprint density at radius 3 is 2.61 bits per heavy atom. The van der Waals surface area contributed by atoms with Crippen molar-refractivity contribution < 1.29 is 42.2 Å². The molecule has 0 spiro atoms. The Hall–Kier alpha value is -3.02. The Kier molecular flexibility index (Phi) is 6.30. The summed E-state index contributed by atoms with van der Waals surface area (Å²) in [5.41, 5.74) is -0.545. The van der Waals surface area contributed by atoms with Gasteiger partial charge in [0, 0.05) is 6.42 Å². The molecule has 2 atom stereocenters. The Balaban J connectivity index is 1.82. The minimum atomic E-state index is -4.38. The number of halogens is 1. The lowest BCUT2D eigenvalue weighted by atomic mass is 9.94. The number of aryl methyl sites for hydroxylation is 1. The topological polar surface area (TPSA) is 139 Å². The van der Waals surface area contributed by atoms with Crippen LogP contribution in [0, 0.1) is 12.7 Å². The van der Waals surface area contributed by atoms with Gasteiger partial charge >= 0.3 is 5.97 Å². The van der Waals surface area contributed by atoms with Crippen molar-refractivity contribution in [3.05, 3.63) is 59.4 Å². The summed E-state index contributed by atoms with van der Waals surface area (Å²) in [4.78, 5) is 23.6. The average molecular weight is 453 g/mol. The van der Waals surface area contributed by atoms with Gasteiger partial charge in [0.15, 0.2) is 9.84 Å². The molecule has 3 N–H and O–H groups in total. The fourth-order valence-corrected chi connectivity index (χ4v) is 5.16. The Morgan fingerprint density at radius 1 is 1.29 bits per heavy atom. The second-order valence-corrected chi connectivity index (χ2v) is 9.13. The van der Waals surface area contributed by atoms with E-state index in [9.17, 15) is 27.5 Å². The number of hydrogen-bond donors (Lipinski definition) is 3. The second-order valence-electron chi connectivity index (χ2n) is 7.00. The fraction of sp³-hybridized carbons (Fsp3) is 0.300. The molecule has 1 fully saturated rings. The summed E-state index contributed by atoms with van der Waals surface area (Å²) in [6.45, 7) is 1.53. The van der Waals surface area contributed by atoms with Crippen molar-refractivity contribution in [1.82, 2.24) is 5.48 Å². The first-order valence-corrected chi connectivity index (χ1v) is 10.7. The minimum Gasteiger partial charge on any atom is -0.489 e. The zero-order chi connectivity index (χ0) is 22.8. The fourth-order valence-electron chi connectivity index (χ4n) is 3.26. The molecule has 1 aliphatic rings. The van der Waals surface area contributed by atoms with Crippen molar-refractivity contribution in [2.45, 2.75) is 35.7 Å². The van der Waals surface area contributed by atoms with E-state index < -0.39 is 38.4 Å². The summed E-state index contributed by atoms with van der Waals surface area (Å²) in [6, 6.07) is 9.38. The van der Waals surface area contributed by atoms with Gasteiger partial charge in [0.25, 0.3) is 11.5 Å². The number of amides is 1. The van der Waals surface area contributed by atoms with Crippen LogP contribution in [0.5, 0.6) is 5.75 Å². The summed E-state index contributed by atoms with van der Waals surface area (Å²) in [7, 11) is -4.38. The Labute approximate surface area is 177 Å². The molecule has 9 nitrogen and oxygen atoms in total. The molecule has 2 unspecified atom stereocenters. The third-order valence-electron chi connectivity index (χ3n) is 5.07. The standard InChI is InChI=1S/C20H20FNO8S/c1-12-2-3-14(21)10-13(12)11-30-15-4-6-16(7-5-15)31(27,28)17-8-9-29-19(24)20(17,25)18(23)22-26/h2-7,10,17,25-26H,8-9,11H2,1H3,(H,22,23). The summed E-state index contributed by atoms with van der Waals surface area (Å²) >= 11 is 0. The zero-order valence-corrected chi connectivity index (χ0v) is 17.2. The number of carbonyl (C=O) groups is 2. The molecule has 1 heterocycles. The Morgan fingerprint density at radius 2 is 1.97 bits per heavy atom. The summed E-state index contributed by atoms with van der Waals surface area (Å²) in [6.07, 6.45) is -0.352. The van der Waals surface area contributed by atoms with Crippen LogP contribution in [-0.4, -0.2) is 48.1 Å². The number of aliphatic hydroxyl groups is 1. The van der Waals surface area contributed by atoms with E-state index in [-0.39, 0.29) is 24.5 Å². The number of esters is 1. The maximum absolute atomic E-state index is 13.4. The maximum atomic E-state index is 13.4. The van der Waals surface area contributed by atoms with E-state index in [1.54, 1.807) is 13.0 Å². The number of nitrogens with one attached hydrogen (secondary N) is 1. The van der Waals surface area contributed by atoms with Gasteiger partial charge in [-0.05, 0) is 54.4 Å². The highest BCUT2D eigenvalue weighted by Crippen LogP contribution is 2.32. The molecule has 2 aromatic carbocycles. The van der Waals surface area contributed by atoms with Crippen LogP contribution < -0.4 is 10.2 Å². The summed E-state index contributed by atoms with van der Waals surface area (Å²) < 4.78 is 49.6. The molecule has 1 aliphatic heterocycles. The predicted octanol–water partition coefficient (Wildman–Crippen LogP) is 1.04. The van der Waals surface area contributed by atoms with E-state index in [0.29, 0.717) is 11.3 Å². The van der Waals surface area contributed by atoms with Crippen molar-refractivity contribution in [3.8, 4) is 5.75 Å². The number of rotatable bonds is 6. The van der Waals surface area contributed by atoms with Crippen LogP contribution in [0.3, 0.4) is 0 Å². The van der Waals surface area contributed by atoms with Crippen LogP contribution in [-0.2, 0) is 30.8 Å². The first-order valence-electron chi connectivity index (χ1n) is 9.16. The van der Waals surface area contributed by atoms with Gasteiger partial charge < -0.3 is 14.6 Å². The second kappa shape index (κ2) is 8.61. The molecule has 3 rings (SSSR count). The van der Waals surface area contributed by atoms with Crippen molar-refractivity contribution in [1.29, 1.82) is 0 Å². The zero-order valence-electron chi connectivity index (χ0n) is 16.4. The van der Waals surface area contributed by atoms with Crippen LogP contribution in [0.1, 0.15) is 17.5 Å². The molecular formula is C20H20FNO8S.